The molecule has 1 fully saturated rings. The highest BCUT2D eigenvalue weighted by Gasteiger charge is 2.46. The van der Waals surface area contributed by atoms with Gasteiger partial charge in [-0.05, 0) is 52.2 Å². The van der Waals surface area contributed by atoms with Gasteiger partial charge in [0.15, 0.2) is 6.61 Å². The van der Waals surface area contributed by atoms with E-state index in [1.165, 1.54) is 18.2 Å². The number of piperidine rings is 1. The van der Waals surface area contributed by atoms with E-state index >= 15 is 0 Å². The number of fused-ring (bicyclic) bond motifs is 1. The Labute approximate surface area is 267 Å². The average molecular weight is 649 g/mol. The van der Waals surface area contributed by atoms with Crippen molar-refractivity contribution in [3.05, 3.63) is 29.3 Å². The van der Waals surface area contributed by atoms with Crippen molar-refractivity contribution in [3.63, 3.8) is 0 Å². The van der Waals surface area contributed by atoms with Crippen LogP contribution in [0.1, 0.15) is 67.2 Å². The summed E-state index contributed by atoms with van der Waals surface area (Å²) in [6.07, 6.45) is 1.30. The zero-order valence-electron chi connectivity index (χ0n) is 26.6. The van der Waals surface area contributed by atoms with E-state index in [-0.39, 0.29) is 54.4 Å². The number of imide groups is 2. The largest absolute Gasteiger partial charge is 0.483 e. The topological polar surface area (TPSA) is 188 Å². The van der Waals surface area contributed by atoms with E-state index in [0.717, 1.165) is 4.90 Å². The lowest BCUT2D eigenvalue weighted by Gasteiger charge is -2.27. The molecule has 254 valence electrons. The van der Waals surface area contributed by atoms with Gasteiger partial charge in [-0.3, -0.25) is 39.0 Å². The molecule has 1 atom stereocenters. The molecule has 0 spiro atoms. The third-order valence-corrected chi connectivity index (χ3v) is 6.74. The maximum absolute atomic E-state index is 13.1. The maximum atomic E-state index is 13.1. The van der Waals surface area contributed by atoms with Crippen molar-refractivity contribution >= 4 is 35.4 Å². The van der Waals surface area contributed by atoms with E-state index in [1.54, 1.807) is 0 Å². The number of nitrogens with one attached hydrogen (secondary N) is 3. The minimum absolute atomic E-state index is 0.0160. The van der Waals surface area contributed by atoms with Crippen LogP contribution in [0.5, 0.6) is 5.75 Å². The first kappa shape index (κ1) is 36.5. The predicted octanol–water partition coefficient (Wildman–Crippen LogP) is 0.344. The fourth-order valence-electron chi connectivity index (χ4n) is 4.48. The molecule has 0 aliphatic carbocycles. The molecule has 3 N–H and O–H groups in total. The van der Waals surface area contributed by atoms with Crippen molar-refractivity contribution in [2.24, 2.45) is 0 Å². The van der Waals surface area contributed by atoms with Crippen LogP contribution in [-0.2, 0) is 38.1 Å². The Morgan fingerprint density at radius 3 is 2.02 bits per heavy atom. The van der Waals surface area contributed by atoms with Crippen LogP contribution in [0.3, 0.4) is 0 Å². The summed E-state index contributed by atoms with van der Waals surface area (Å²) < 4.78 is 27.4. The van der Waals surface area contributed by atoms with Crippen LogP contribution in [0.2, 0.25) is 0 Å². The number of rotatable bonds is 20. The van der Waals surface area contributed by atoms with E-state index in [1.807, 2.05) is 20.8 Å². The van der Waals surface area contributed by atoms with Crippen LogP contribution in [0.15, 0.2) is 18.2 Å². The lowest BCUT2D eigenvalue weighted by Crippen LogP contribution is -2.54. The second-order valence-electron chi connectivity index (χ2n) is 11.6. The average Bonchev–Trinajstić information content (AvgIpc) is 3.26. The Balaban J connectivity index is 1.19. The zero-order chi connectivity index (χ0) is 33.5. The minimum Gasteiger partial charge on any atom is -0.483 e. The highest BCUT2D eigenvalue weighted by atomic mass is 16.5. The zero-order valence-corrected chi connectivity index (χ0v) is 26.6. The van der Waals surface area contributed by atoms with Crippen molar-refractivity contribution in [3.8, 4) is 5.75 Å². The van der Waals surface area contributed by atoms with Gasteiger partial charge in [-0.15, -0.1) is 0 Å². The molecule has 0 aromatic heterocycles. The molecular formula is C31H44N4O11. The SMILES string of the molecule is CC(C)(C)OCC(=O)NCCCOCCOCCOCCCNC(=O)COc1cccc2c1C(=O)N(C1CCC(=O)NC1=O)C2=O. The summed E-state index contributed by atoms with van der Waals surface area (Å²) in [4.78, 5) is 74.5. The van der Waals surface area contributed by atoms with Gasteiger partial charge in [-0.25, -0.2) is 0 Å². The maximum Gasteiger partial charge on any atom is 0.266 e. The summed E-state index contributed by atoms with van der Waals surface area (Å²) in [7, 11) is 0. The molecule has 0 saturated carbocycles. The van der Waals surface area contributed by atoms with Crippen molar-refractivity contribution in [2.75, 3.05) is 65.9 Å². The lowest BCUT2D eigenvalue weighted by molar-refractivity contribution is -0.136. The Morgan fingerprint density at radius 2 is 1.43 bits per heavy atom. The number of carbonyl (C=O) groups excluding carboxylic acids is 6. The van der Waals surface area contributed by atoms with Crippen molar-refractivity contribution in [1.29, 1.82) is 0 Å². The van der Waals surface area contributed by atoms with Crippen molar-refractivity contribution in [2.45, 2.75) is 58.1 Å². The Kier molecular flexibility index (Phi) is 14.5. The monoisotopic (exact) mass is 648 g/mol. The molecule has 0 radical (unpaired) electrons. The van der Waals surface area contributed by atoms with Gasteiger partial charge in [0.2, 0.25) is 17.7 Å². The molecular weight excluding hydrogens is 604 g/mol. The summed E-state index contributed by atoms with van der Waals surface area (Å²) in [5.74, 6) is -3.04. The van der Waals surface area contributed by atoms with Gasteiger partial charge in [0.05, 0.1) is 43.2 Å². The summed E-state index contributed by atoms with van der Waals surface area (Å²) in [5, 5.41) is 7.63. The van der Waals surface area contributed by atoms with Gasteiger partial charge < -0.3 is 34.3 Å². The van der Waals surface area contributed by atoms with Crippen LogP contribution in [0.25, 0.3) is 0 Å². The minimum atomic E-state index is -1.09. The lowest BCUT2D eigenvalue weighted by atomic mass is 10.0. The molecule has 46 heavy (non-hydrogen) atoms. The molecule has 3 rings (SSSR count). The highest BCUT2D eigenvalue weighted by Crippen LogP contribution is 2.33. The third kappa shape index (κ3) is 11.8. The molecule has 1 saturated heterocycles. The Morgan fingerprint density at radius 1 is 0.848 bits per heavy atom. The molecule has 1 aromatic rings. The molecule has 6 amide bonds. The van der Waals surface area contributed by atoms with Crippen LogP contribution >= 0.6 is 0 Å². The van der Waals surface area contributed by atoms with Gasteiger partial charge in [0.1, 0.15) is 18.4 Å². The molecule has 1 aromatic carbocycles. The van der Waals surface area contributed by atoms with E-state index in [4.69, 9.17) is 23.7 Å². The number of ether oxygens (including phenoxy) is 5. The first-order valence-electron chi connectivity index (χ1n) is 15.4. The van der Waals surface area contributed by atoms with Gasteiger partial charge >= 0.3 is 0 Å². The van der Waals surface area contributed by atoms with Crippen LogP contribution in [0.4, 0.5) is 0 Å². The predicted molar refractivity (Wildman–Crippen MR) is 162 cm³/mol. The molecule has 15 nitrogen and oxygen atoms in total. The van der Waals surface area contributed by atoms with Gasteiger partial charge in [0, 0.05) is 32.7 Å². The summed E-state index contributed by atoms with van der Waals surface area (Å²) in [5.41, 5.74) is -0.298. The van der Waals surface area contributed by atoms with Crippen molar-refractivity contribution in [1.82, 2.24) is 20.9 Å². The number of benzene rings is 1. The molecule has 2 aliphatic rings. The molecule has 2 heterocycles. The first-order chi connectivity index (χ1) is 22.0. The smallest absolute Gasteiger partial charge is 0.266 e. The number of hydrogen-bond donors (Lipinski definition) is 3. The summed E-state index contributed by atoms with van der Waals surface area (Å²) >= 11 is 0. The van der Waals surface area contributed by atoms with E-state index < -0.39 is 35.6 Å². The van der Waals surface area contributed by atoms with E-state index in [0.29, 0.717) is 65.6 Å². The van der Waals surface area contributed by atoms with Crippen LogP contribution < -0.4 is 20.7 Å². The van der Waals surface area contributed by atoms with E-state index in [9.17, 15) is 28.8 Å². The van der Waals surface area contributed by atoms with Crippen LogP contribution in [0, 0.1) is 0 Å². The summed E-state index contributed by atoms with van der Waals surface area (Å²) in [6.45, 7) is 8.75. The molecule has 1 unspecified atom stereocenters. The van der Waals surface area contributed by atoms with Gasteiger partial charge in [0.25, 0.3) is 17.7 Å². The first-order valence-corrected chi connectivity index (χ1v) is 15.4. The number of amides is 6. The van der Waals surface area contributed by atoms with Gasteiger partial charge in [-0.2, -0.15) is 0 Å². The fraction of sp³-hybridized carbons (Fsp3) is 0.613. The van der Waals surface area contributed by atoms with Crippen LogP contribution in [-0.4, -0.2) is 118 Å². The molecule has 2 aliphatic heterocycles. The van der Waals surface area contributed by atoms with E-state index in [2.05, 4.69) is 16.0 Å². The second-order valence-corrected chi connectivity index (χ2v) is 11.6. The Bertz CT molecular complexity index is 1250. The normalized spacial score (nSPS) is 16.3. The van der Waals surface area contributed by atoms with Gasteiger partial charge in [-0.1, -0.05) is 6.07 Å². The second kappa shape index (κ2) is 18.3. The van der Waals surface area contributed by atoms with Crippen molar-refractivity contribution < 1.29 is 52.5 Å². The summed E-state index contributed by atoms with van der Waals surface area (Å²) in [6, 6.07) is 3.36. The standard InChI is InChI=1S/C31H44N4O11/c1-31(2,3)46-20-26(38)33-12-6-14-43-16-18-44-17-15-42-13-5-11-32-25(37)19-45-23-8-4-7-21-27(23)30(41)35(29(21)40)22-9-10-24(36)34-28(22)39/h4,7-8,22H,5-6,9-20H2,1-3H3,(H,32,37)(H,33,38)(H,34,36,39). The Hall–Kier alpha value is -3.92. The fourth-order valence-corrected chi connectivity index (χ4v) is 4.48. The molecule has 0 bridgehead atoms. The quantitative estimate of drug-likeness (QED) is 0.131. The number of carbonyl (C=O) groups is 6. The third-order valence-electron chi connectivity index (χ3n) is 6.74. The number of nitrogens with zero attached hydrogens (tertiary/aromatic N) is 1. The highest BCUT2D eigenvalue weighted by molar-refractivity contribution is 6.24. The molecule has 15 heteroatoms. The number of hydrogen-bond acceptors (Lipinski definition) is 11.